The molecule has 0 aromatic rings. The Morgan fingerprint density at radius 1 is 1.19 bits per heavy atom. The summed E-state index contributed by atoms with van der Waals surface area (Å²) in [7, 11) is 0. The van der Waals surface area contributed by atoms with Gasteiger partial charge in [-0.3, -0.25) is 9.59 Å². The molecule has 0 rings (SSSR count). The average Bonchev–Trinajstić information content (AvgIpc) is 2.23. The molecule has 0 heterocycles. The van der Waals surface area contributed by atoms with E-state index >= 15 is 0 Å². The smallest absolute Gasteiger partial charge is 0.315 e. The quantitative estimate of drug-likeness (QED) is 0.477. The number of carbonyl (C=O) groups is 3. The minimum Gasteiger partial charge on any atom is -0.481 e. The molecule has 0 aliphatic heterocycles. The van der Waals surface area contributed by atoms with E-state index in [0.29, 0.717) is 6.54 Å². The van der Waals surface area contributed by atoms with Gasteiger partial charge >= 0.3 is 12.0 Å². The van der Waals surface area contributed by atoms with Crippen LogP contribution < -0.4 is 16.0 Å². The minimum atomic E-state index is -0.982. The Bertz CT molecular complexity index is 267. The lowest BCUT2D eigenvalue weighted by molar-refractivity contribution is -0.140. The van der Waals surface area contributed by atoms with E-state index in [1.54, 1.807) is 6.92 Å². The molecule has 4 N–H and O–H groups in total. The number of carboxylic acid groups (broad SMARTS) is 1. The van der Waals surface area contributed by atoms with Crippen LogP contribution in [0, 0.1) is 5.92 Å². The highest BCUT2D eigenvalue weighted by Crippen LogP contribution is 1.90. The van der Waals surface area contributed by atoms with E-state index in [1.807, 2.05) is 0 Å². The van der Waals surface area contributed by atoms with Crippen molar-refractivity contribution in [2.45, 2.75) is 13.8 Å². The summed E-state index contributed by atoms with van der Waals surface area (Å²) < 4.78 is 0. The standard InChI is InChI=1S/C9H17N3O4/c1-3-10-7(13)5-12-9(16)11-4-6(2)8(14)15/h6H,3-5H2,1-2H3,(H,10,13)(H,14,15)(H2,11,12,16). The minimum absolute atomic E-state index is 0.0244. The van der Waals surface area contributed by atoms with Gasteiger partial charge in [0, 0.05) is 13.1 Å². The lowest BCUT2D eigenvalue weighted by atomic mass is 10.2. The van der Waals surface area contributed by atoms with Gasteiger partial charge < -0.3 is 21.1 Å². The van der Waals surface area contributed by atoms with Gasteiger partial charge in [-0.25, -0.2) is 4.79 Å². The molecule has 7 heteroatoms. The van der Waals surface area contributed by atoms with Gasteiger partial charge in [0.05, 0.1) is 12.5 Å². The molecule has 7 nitrogen and oxygen atoms in total. The molecule has 0 aliphatic carbocycles. The Hall–Kier alpha value is -1.79. The molecule has 16 heavy (non-hydrogen) atoms. The first kappa shape index (κ1) is 14.2. The van der Waals surface area contributed by atoms with Crippen LogP contribution in [0.15, 0.2) is 0 Å². The number of nitrogens with one attached hydrogen (secondary N) is 3. The second-order valence-electron chi connectivity index (χ2n) is 3.26. The van der Waals surface area contributed by atoms with E-state index in [4.69, 9.17) is 5.11 Å². The SMILES string of the molecule is CCNC(=O)CNC(=O)NCC(C)C(=O)O. The van der Waals surface area contributed by atoms with Crippen LogP contribution in [0.1, 0.15) is 13.8 Å². The molecular weight excluding hydrogens is 214 g/mol. The molecule has 0 saturated carbocycles. The van der Waals surface area contributed by atoms with Gasteiger partial charge in [-0.05, 0) is 6.92 Å². The number of urea groups is 1. The summed E-state index contributed by atoms with van der Waals surface area (Å²) in [4.78, 5) is 32.5. The van der Waals surface area contributed by atoms with Crippen LogP contribution in [0.5, 0.6) is 0 Å². The van der Waals surface area contributed by atoms with E-state index in [-0.39, 0.29) is 19.0 Å². The predicted molar refractivity (Wildman–Crippen MR) is 56.9 cm³/mol. The molecule has 0 aromatic carbocycles. The summed E-state index contributed by atoms with van der Waals surface area (Å²) in [6, 6.07) is -0.556. The Kier molecular flexibility index (Phi) is 6.66. The maximum absolute atomic E-state index is 11.1. The average molecular weight is 231 g/mol. The van der Waals surface area contributed by atoms with Crippen LogP contribution >= 0.6 is 0 Å². The zero-order valence-corrected chi connectivity index (χ0v) is 9.37. The number of aliphatic carboxylic acids is 1. The molecule has 92 valence electrons. The third-order valence-corrected chi connectivity index (χ3v) is 1.77. The third kappa shape index (κ3) is 6.63. The lowest BCUT2D eigenvalue weighted by Gasteiger charge is -2.09. The normalized spacial score (nSPS) is 11.4. The van der Waals surface area contributed by atoms with Crippen molar-refractivity contribution < 1.29 is 19.5 Å². The zero-order valence-electron chi connectivity index (χ0n) is 9.37. The number of amides is 3. The topological polar surface area (TPSA) is 108 Å². The van der Waals surface area contributed by atoms with Gasteiger partial charge in [0.2, 0.25) is 5.91 Å². The van der Waals surface area contributed by atoms with Crippen LogP contribution in [0.25, 0.3) is 0 Å². The molecule has 3 amide bonds. The molecule has 0 fully saturated rings. The molecular formula is C9H17N3O4. The van der Waals surface area contributed by atoms with Crippen molar-refractivity contribution >= 4 is 17.9 Å². The Morgan fingerprint density at radius 2 is 1.81 bits per heavy atom. The summed E-state index contributed by atoms with van der Waals surface area (Å²) in [5.41, 5.74) is 0. The summed E-state index contributed by atoms with van der Waals surface area (Å²) >= 11 is 0. The molecule has 0 spiro atoms. The molecule has 1 unspecified atom stereocenters. The molecule has 0 bridgehead atoms. The van der Waals surface area contributed by atoms with Crippen LogP contribution in [0.3, 0.4) is 0 Å². The highest BCUT2D eigenvalue weighted by atomic mass is 16.4. The Balaban J connectivity index is 3.67. The number of likely N-dealkylation sites (N-methyl/N-ethyl adjacent to an activating group) is 1. The fourth-order valence-corrected chi connectivity index (χ4v) is 0.816. The molecule has 1 atom stereocenters. The summed E-state index contributed by atoms with van der Waals surface area (Å²) in [5.74, 6) is -1.93. The highest BCUT2D eigenvalue weighted by Gasteiger charge is 2.12. The summed E-state index contributed by atoms with van der Waals surface area (Å²) in [6.07, 6.45) is 0. The van der Waals surface area contributed by atoms with Gasteiger partial charge in [0.15, 0.2) is 0 Å². The van der Waals surface area contributed by atoms with E-state index < -0.39 is 17.9 Å². The first-order valence-corrected chi connectivity index (χ1v) is 4.98. The Morgan fingerprint density at radius 3 is 2.31 bits per heavy atom. The van der Waals surface area contributed by atoms with Gasteiger partial charge in [-0.15, -0.1) is 0 Å². The monoisotopic (exact) mass is 231 g/mol. The second kappa shape index (κ2) is 7.49. The predicted octanol–water partition coefficient (Wildman–Crippen LogP) is -0.858. The first-order chi connectivity index (χ1) is 7.47. The first-order valence-electron chi connectivity index (χ1n) is 4.98. The van der Waals surface area contributed by atoms with Crippen LogP contribution in [-0.4, -0.2) is 42.6 Å². The summed E-state index contributed by atoms with van der Waals surface area (Å²) in [5, 5.41) is 15.7. The number of hydrogen-bond donors (Lipinski definition) is 4. The number of rotatable bonds is 6. The largest absolute Gasteiger partial charge is 0.481 e. The van der Waals surface area contributed by atoms with Crippen molar-refractivity contribution in [1.29, 1.82) is 0 Å². The van der Waals surface area contributed by atoms with Crippen LogP contribution in [0.4, 0.5) is 4.79 Å². The van der Waals surface area contributed by atoms with Crippen molar-refractivity contribution in [2.75, 3.05) is 19.6 Å². The maximum Gasteiger partial charge on any atom is 0.315 e. The van der Waals surface area contributed by atoms with Crippen molar-refractivity contribution in [1.82, 2.24) is 16.0 Å². The van der Waals surface area contributed by atoms with Crippen LogP contribution in [-0.2, 0) is 9.59 Å². The van der Waals surface area contributed by atoms with Gasteiger partial charge in [-0.1, -0.05) is 6.92 Å². The Labute approximate surface area is 93.6 Å². The molecule has 0 saturated heterocycles. The maximum atomic E-state index is 11.1. The zero-order chi connectivity index (χ0) is 12.6. The van der Waals surface area contributed by atoms with Gasteiger partial charge in [-0.2, -0.15) is 0 Å². The van der Waals surface area contributed by atoms with Gasteiger partial charge in [0.1, 0.15) is 0 Å². The van der Waals surface area contributed by atoms with Crippen molar-refractivity contribution in [3.63, 3.8) is 0 Å². The number of carboxylic acids is 1. The van der Waals surface area contributed by atoms with Crippen molar-refractivity contribution in [3.8, 4) is 0 Å². The summed E-state index contributed by atoms with van der Waals surface area (Å²) in [6.45, 7) is 3.65. The number of hydrogen-bond acceptors (Lipinski definition) is 3. The van der Waals surface area contributed by atoms with Gasteiger partial charge in [0.25, 0.3) is 0 Å². The molecule has 0 aromatic heterocycles. The van der Waals surface area contributed by atoms with E-state index in [1.165, 1.54) is 6.92 Å². The van der Waals surface area contributed by atoms with Crippen molar-refractivity contribution in [3.05, 3.63) is 0 Å². The van der Waals surface area contributed by atoms with Crippen molar-refractivity contribution in [2.24, 2.45) is 5.92 Å². The van der Waals surface area contributed by atoms with E-state index in [0.717, 1.165) is 0 Å². The van der Waals surface area contributed by atoms with Crippen LogP contribution in [0.2, 0.25) is 0 Å². The molecule has 0 aliphatic rings. The number of carbonyl (C=O) groups excluding carboxylic acids is 2. The fourth-order valence-electron chi connectivity index (χ4n) is 0.816. The molecule has 0 radical (unpaired) electrons. The third-order valence-electron chi connectivity index (χ3n) is 1.77. The second-order valence-corrected chi connectivity index (χ2v) is 3.26. The van der Waals surface area contributed by atoms with E-state index in [9.17, 15) is 14.4 Å². The highest BCUT2D eigenvalue weighted by molar-refractivity contribution is 5.84. The van der Waals surface area contributed by atoms with E-state index in [2.05, 4.69) is 16.0 Å². The fraction of sp³-hybridized carbons (Fsp3) is 0.667. The lowest BCUT2D eigenvalue weighted by Crippen LogP contribution is -2.43.